The second-order valence-electron chi connectivity index (χ2n) is 4.51. The molecule has 1 aromatic carbocycles. The predicted molar refractivity (Wildman–Crippen MR) is 59.0 cm³/mol. The van der Waals surface area contributed by atoms with Crippen molar-refractivity contribution in [2.45, 2.75) is 26.2 Å². The summed E-state index contributed by atoms with van der Waals surface area (Å²) in [6, 6.07) is 1.94. The Morgan fingerprint density at radius 3 is 2.71 bits per heavy atom. The van der Waals surface area contributed by atoms with E-state index in [0.717, 1.165) is 25.0 Å². The number of hydrogen-bond donors (Lipinski definition) is 0. The fourth-order valence-corrected chi connectivity index (χ4v) is 1.66. The number of carbonyl (C=O) groups excluding carboxylic acids is 1. The second-order valence-corrected chi connectivity index (χ2v) is 4.51. The Morgan fingerprint density at radius 2 is 2.12 bits per heavy atom. The Bertz CT molecular complexity index is 439. The lowest BCUT2D eigenvalue weighted by Crippen LogP contribution is -2.07. The summed E-state index contributed by atoms with van der Waals surface area (Å²) in [5.41, 5.74) is 0.288. The first-order valence-electron chi connectivity index (χ1n) is 5.66. The van der Waals surface area contributed by atoms with Gasteiger partial charge in [-0.25, -0.2) is 8.78 Å². The maximum absolute atomic E-state index is 13.6. The fraction of sp³-hybridized carbons (Fsp3) is 0.462. The van der Waals surface area contributed by atoms with Crippen LogP contribution in [0.5, 0.6) is 5.75 Å². The average molecular weight is 240 g/mol. The monoisotopic (exact) mass is 240 g/mol. The molecule has 0 spiro atoms. The number of benzene rings is 1. The molecule has 17 heavy (non-hydrogen) atoms. The van der Waals surface area contributed by atoms with E-state index in [2.05, 4.69) is 0 Å². The van der Waals surface area contributed by atoms with Gasteiger partial charge in [-0.1, -0.05) is 0 Å². The van der Waals surface area contributed by atoms with E-state index in [1.54, 1.807) is 0 Å². The van der Waals surface area contributed by atoms with Crippen LogP contribution < -0.4 is 4.74 Å². The molecule has 0 atom stereocenters. The number of Topliss-reactive ketones (excluding diaryl/α,β-unsaturated/α-hetero) is 1. The molecule has 1 aliphatic carbocycles. The molecule has 0 amide bonds. The minimum Gasteiger partial charge on any atom is -0.490 e. The Morgan fingerprint density at radius 1 is 1.41 bits per heavy atom. The maximum Gasteiger partial charge on any atom is 0.168 e. The fourth-order valence-electron chi connectivity index (χ4n) is 1.66. The summed E-state index contributed by atoms with van der Waals surface area (Å²) in [6.07, 6.45) is 2.17. The number of ketones is 1. The first-order chi connectivity index (χ1) is 8.06. The van der Waals surface area contributed by atoms with Gasteiger partial charge in [-0.2, -0.15) is 0 Å². The Kier molecular flexibility index (Phi) is 3.41. The van der Waals surface area contributed by atoms with Crippen LogP contribution in [0.1, 0.15) is 25.3 Å². The molecular weight excluding hydrogens is 226 g/mol. The number of hydrogen-bond acceptors (Lipinski definition) is 2. The van der Waals surface area contributed by atoms with E-state index in [-0.39, 0.29) is 23.5 Å². The summed E-state index contributed by atoms with van der Waals surface area (Å²) in [6.45, 7) is 1.82. The normalized spacial score (nSPS) is 14.8. The number of rotatable bonds is 5. The zero-order chi connectivity index (χ0) is 12.4. The van der Waals surface area contributed by atoms with Gasteiger partial charge >= 0.3 is 0 Å². The first-order valence-corrected chi connectivity index (χ1v) is 5.66. The van der Waals surface area contributed by atoms with E-state index in [1.807, 2.05) is 0 Å². The molecule has 0 bridgehead atoms. The predicted octanol–water partition coefficient (Wildman–Crippen LogP) is 2.89. The average Bonchev–Trinajstić information content (AvgIpc) is 2.98. The van der Waals surface area contributed by atoms with E-state index in [4.69, 9.17) is 4.74 Å². The SMILES string of the molecule is CC(=O)Cc1cc(F)cc(F)c1OCC1CC1. The van der Waals surface area contributed by atoms with Gasteiger partial charge in [-0.3, -0.25) is 4.79 Å². The third-order valence-corrected chi connectivity index (χ3v) is 2.68. The van der Waals surface area contributed by atoms with Crippen LogP contribution in [0.25, 0.3) is 0 Å². The van der Waals surface area contributed by atoms with Gasteiger partial charge in [-0.15, -0.1) is 0 Å². The zero-order valence-corrected chi connectivity index (χ0v) is 9.63. The molecule has 4 heteroatoms. The second kappa shape index (κ2) is 4.82. The highest BCUT2D eigenvalue weighted by atomic mass is 19.1. The third kappa shape index (κ3) is 3.25. The van der Waals surface area contributed by atoms with Crippen molar-refractivity contribution in [3.05, 3.63) is 29.3 Å². The minimum absolute atomic E-state index is 0.00528. The lowest BCUT2D eigenvalue weighted by molar-refractivity contribution is -0.116. The summed E-state index contributed by atoms with van der Waals surface area (Å²) >= 11 is 0. The van der Waals surface area contributed by atoms with Crippen LogP contribution in [0, 0.1) is 17.6 Å². The van der Waals surface area contributed by atoms with Gasteiger partial charge in [0.15, 0.2) is 11.6 Å². The first kappa shape index (κ1) is 12.0. The lowest BCUT2D eigenvalue weighted by Gasteiger charge is -2.11. The molecule has 1 fully saturated rings. The van der Waals surface area contributed by atoms with Crippen molar-refractivity contribution in [2.75, 3.05) is 6.61 Å². The molecule has 1 aliphatic rings. The van der Waals surface area contributed by atoms with Crippen LogP contribution in [0.4, 0.5) is 8.78 Å². The molecule has 0 heterocycles. The highest BCUT2D eigenvalue weighted by molar-refractivity contribution is 5.79. The van der Waals surface area contributed by atoms with Crippen molar-refractivity contribution in [3.63, 3.8) is 0 Å². The van der Waals surface area contributed by atoms with Crippen molar-refractivity contribution in [1.82, 2.24) is 0 Å². The largest absolute Gasteiger partial charge is 0.490 e. The smallest absolute Gasteiger partial charge is 0.168 e. The number of carbonyl (C=O) groups is 1. The highest BCUT2D eigenvalue weighted by Crippen LogP contribution is 2.32. The molecule has 0 aromatic heterocycles. The quantitative estimate of drug-likeness (QED) is 0.791. The van der Waals surface area contributed by atoms with Gasteiger partial charge in [0.25, 0.3) is 0 Å². The zero-order valence-electron chi connectivity index (χ0n) is 9.63. The number of ether oxygens (including phenoxy) is 1. The summed E-state index contributed by atoms with van der Waals surface area (Å²) in [5, 5.41) is 0. The van der Waals surface area contributed by atoms with Gasteiger partial charge in [0.1, 0.15) is 11.6 Å². The van der Waals surface area contributed by atoms with Crippen LogP contribution >= 0.6 is 0 Å². The third-order valence-electron chi connectivity index (χ3n) is 2.68. The van der Waals surface area contributed by atoms with Crippen molar-refractivity contribution in [3.8, 4) is 5.75 Å². The van der Waals surface area contributed by atoms with E-state index < -0.39 is 11.6 Å². The maximum atomic E-state index is 13.6. The van der Waals surface area contributed by atoms with Crippen LogP contribution in [0.15, 0.2) is 12.1 Å². The summed E-state index contributed by atoms with van der Waals surface area (Å²) in [5.74, 6) is -1.07. The van der Waals surface area contributed by atoms with E-state index >= 15 is 0 Å². The molecule has 0 radical (unpaired) electrons. The molecule has 1 aromatic rings. The van der Waals surface area contributed by atoms with Gasteiger partial charge in [0.05, 0.1) is 6.61 Å². The van der Waals surface area contributed by atoms with E-state index in [0.29, 0.717) is 12.5 Å². The van der Waals surface area contributed by atoms with Crippen LogP contribution in [-0.2, 0) is 11.2 Å². The van der Waals surface area contributed by atoms with Crippen molar-refractivity contribution in [2.24, 2.45) is 5.92 Å². The van der Waals surface area contributed by atoms with Crippen molar-refractivity contribution >= 4 is 5.78 Å². The van der Waals surface area contributed by atoms with Gasteiger partial charge < -0.3 is 4.74 Å². The summed E-state index contributed by atoms with van der Waals surface area (Å²) < 4.78 is 32.0. The van der Waals surface area contributed by atoms with Crippen LogP contribution in [-0.4, -0.2) is 12.4 Å². The summed E-state index contributed by atoms with van der Waals surface area (Å²) in [4.78, 5) is 11.0. The minimum atomic E-state index is -0.734. The van der Waals surface area contributed by atoms with Crippen molar-refractivity contribution in [1.29, 1.82) is 0 Å². The van der Waals surface area contributed by atoms with E-state index in [9.17, 15) is 13.6 Å². The Hall–Kier alpha value is -1.45. The van der Waals surface area contributed by atoms with Crippen LogP contribution in [0.3, 0.4) is 0 Å². The Labute approximate surface area is 98.6 Å². The van der Waals surface area contributed by atoms with Gasteiger partial charge in [0, 0.05) is 18.1 Å². The van der Waals surface area contributed by atoms with Gasteiger partial charge in [-0.05, 0) is 31.7 Å². The molecule has 0 aliphatic heterocycles. The van der Waals surface area contributed by atoms with Crippen LogP contribution in [0.2, 0.25) is 0 Å². The lowest BCUT2D eigenvalue weighted by atomic mass is 10.1. The number of halogens is 2. The highest BCUT2D eigenvalue weighted by Gasteiger charge is 2.23. The molecule has 0 N–H and O–H groups in total. The topological polar surface area (TPSA) is 26.3 Å². The van der Waals surface area contributed by atoms with Crippen molar-refractivity contribution < 1.29 is 18.3 Å². The molecule has 0 unspecified atom stereocenters. The Balaban J connectivity index is 2.21. The molecule has 2 rings (SSSR count). The molecule has 1 saturated carbocycles. The van der Waals surface area contributed by atoms with E-state index in [1.165, 1.54) is 6.92 Å². The molecule has 2 nitrogen and oxygen atoms in total. The van der Waals surface area contributed by atoms with Gasteiger partial charge in [0.2, 0.25) is 0 Å². The molecular formula is C13H14F2O2. The molecule has 0 saturated heterocycles. The summed E-state index contributed by atoms with van der Waals surface area (Å²) in [7, 11) is 0. The molecule has 92 valence electrons. The standard InChI is InChI=1S/C13H14F2O2/c1-8(16)4-10-5-11(14)6-12(15)13(10)17-7-9-2-3-9/h5-6,9H,2-4,7H2,1H3.